The molecule has 0 spiro atoms. The van der Waals surface area contributed by atoms with Gasteiger partial charge < -0.3 is 14.2 Å². The van der Waals surface area contributed by atoms with Crippen molar-refractivity contribution < 1.29 is 19.0 Å². The first-order chi connectivity index (χ1) is 12.6. The van der Waals surface area contributed by atoms with Crippen molar-refractivity contribution in [3.8, 4) is 11.5 Å². The number of hydrogen-bond acceptors (Lipinski definition) is 4. The molecule has 4 heteroatoms. The summed E-state index contributed by atoms with van der Waals surface area (Å²) in [6.45, 7) is 10.9. The van der Waals surface area contributed by atoms with Crippen LogP contribution >= 0.6 is 0 Å². The number of para-hydroxylation sites is 1. The molecule has 0 unspecified atom stereocenters. The number of methoxy groups -OCH3 is 1. The van der Waals surface area contributed by atoms with Gasteiger partial charge >= 0.3 is 5.97 Å². The maximum atomic E-state index is 12.6. The van der Waals surface area contributed by atoms with Crippen molar-refractivity contribution in [3.05, 3.63) is 30.3 Å². The Morgan fingerprint density at radius 1 is 1.31 bits per heavy atom. The Kier molecular flexibility index (Phi) is 7.55. The van der Waals surface area contributed by atoms with Gasteiger partial charge in [-0.05, 0) is 30.9 Å². The van der Waals surface area contributed by atoms with Crippen molar-refractivity contribution in [1.29, 1.82) is 0 Å². The molecule has 26 heavy (non-hydrogen) atoms. The summed E-state index contributed by atoms with van der Waals surface area (Å²) in [5.41, 5.74) is 1.87. The van der Waals surface area contributed by atoms with Gasteiger partial charge in [-0.15, -0.1) is 0 Å². The lowest BCUT2D eigenvalue weighted by Gasteiger charge is -2.36. The smallest absolute Gasteiger partial charge is 0.347 e. The second-order valence-electron chi connectivity index (χ2n) is 6.91. The molecule has 1 aliphatic heterocycles. The van der Waals surface area contributed by atoms with E-state index in [9.17, 15) is 4.79 Å². The number of ether oxygens (including phenoxy) is 3. The van der Waals surface area contributed by atoms with Gasteiger partial charge in [0.2, 0.25) is 6.10 Å². The molecular weight excluding hydrogens is 328 g/mol. The predicted octanol–water partition coefficient (Wildman–Crippen LogP) is 5.26. The minimum Gasteiger partial charge on any atom is -0.493 e. The molecule has 0 radical (unpaired) electrons. The molecule has 2 rings (SSSR count). The van der Waals surface area contributed by atoms with Gasteiger partial charge in [0.25, 0.3) is 0 Å². The summed E-state index contributed by atoms with van der Waals surface area (Å²) in [6, 6.07) is 5.76. The third-order valence-electron chi connectivity index (χ3n) is 5.25. The number of hydrogen-bond donors (Lipinski definition) is 0. The summed E-state index contributed by atoms with van der Waals surface area (Å²) in [5.74, 6) is 1.37. The molecule has 144 valence electrons. The molecule has 0 saturated carbocycles. The van der Waals surface area contributed by atoms with Crippen molar-refractivity contribution in [2.45, 2.75) is 59.0 Å². The summed E-state index contributed by atoms with van der Waals surface area (Å²) < 4.78 is 16.9. The van der Waals surface area contributed by atoms with E-state index in [2.05, 4.69) is 20.4 Å². The fourth-order valence-corrected chi connectivity index (χ4v) is 3.69. The highest BCUT2D eigenvalue weighted by atomic mass is 16.6. The summed E-state index contributed by atoms with van der Waals surface area (Å²) in [4.78, 5) is 12.6. The first-order valence-corrected chi connectivity index (χ1v) is 9.76. The Balaban J connectivity index is 2.35. The normalized spacial score (nSPS) is 20.1. The number of carbonyl (C=O) groups is 1. The van der Waals surface area contributed by atoms with Gasteiger partial charge in [-0.25, -0.2) is 4.79 Å². The third-order valence-corrected chi connectivity index (χ3v) is 5.25. The highest BCUT2D eigenvalue weighted by Crippen LogP contribution is 2.46. The summed E-state index contributed by atoms with van der Waals surface area (Å²) in [6.07, 6.45) is 4.85. The molecule has 0 bridgehead atoms. The lowest BCUT2D eigenvalue weighted by Crippen LogP contribution is -2.41. The molecule has 0 saturated heterocycles. The fourth-order valence-electron chi connectivity index (χ4n) is 3.69. The Bertz CT molecular complexity index is 623. The second kappa shape index (κ2) is 9.65. The Morgan fingerprint density at radius 3 is 2.69 bits per heavy atom. The van der Waals surface area contributed by atoms with Gasteiger partial charge in [0.15, 0.2) is 11.5 Å². The van der Waals surface area contributed by atoms with E-state index in [0.717, 1.165) is 30.4 Å². The van der Waals surface area contributed by atoms with Gasteiger partial charge in [0, 0.05) is 11.5 Å². The molecule has 4 nitrogen and oxygen atoms in total. The van der Waals surface area contributed by atoms with Crippen molar-refractivity contribution in [3.63, 3.8) is 0 Å². The quantitative estimate of drug-likeness (QED) is 0.564. The molecule has 0 fully saturated rings. The van der Waals surface area contributed by atoms with E-state index in [4.69, 9.17) is 14.2 Å². The number of unbranched alkanes of at least 4 members (excludes halogenated alkanes) is 1. The summed E-state index contributed by atoms with van der Waals surface area (Å²) >= 11 is 0. The second-order valence-corrected chi connectivity index (χ2v) is 6.91. The molecule has 1 aliphatic rings. The average Bonchev–Trinajstić information content (AvgIpc) is 2.66. The molecule has 0 amide bonds. The minimum atomic E-state index is -0.665. The van der Waals surface area contributed by atoms with Gasteiger partial charge in [0.05, 0.1) is 13.7 Å². The number of rotatable bonds is 9. The van der Waals surface area contributed by atoms with E-state index in [1.54, 1.807) is 7.11 Å². The SMILES string of the molecule is C=C1c2cccc(OC)c2O[C@H](C(=O)OCC)[C@H]1C[C@H](CC)CCCC. The zero-order chi connectivity index (χ0) is 19.1. The van der Waals surface area contributed by atoms with Gasteiger partial charge in [-0.1, -0.05) is 58.2 Å². The fraction of sp³-hybridized carbons (Fsp3) is 0.591. The van der Waals surface area contributed by atoms with Crippen LogP contribution in [0, 0.1) is 11.8 Å². The van der Waals surface area contributed by atoms with E-state index >= 15 is 0 Å². The van der Waals surface area contributed by atoms with E-state index in [0.29, 0.717) is 24.0 Å². The van der Waals surface area contributed by atoms with Crippen molar-refractivity contribution in [2.75, 3.05) is 13.7 Å². The molecule has 1 heterocycles. The topological polar surface area (TPSA) is 44.8 Å². The Morgan fingerprint density at radius 2 is 2.08 bits per heavy atom. The molecule has 0 N–H and O–H groups in total. The van der Waals surface area contributed by atoms with Crippen molar-refractivity contribution in [1.82, 2.24) is 0 Å². The molecule has 1 aromatic carbocycles. The maximum Gasteiger partial charge on any atom is 0.347 e. The van der Waals surface area contributed by atoms with Crippen LogP contribution in [0.15, 0.2) is 24.8 Å². The van der Waals surface area contributed by atoms with Crippen LogP contribution in [0.25, 0.3) is 5.57 Å². The van der Waals surface area contributed by atoms with E-state index in [1.165, 1.54) is 12.8 Å². The lowest BCUT2D eigenvalue weighted by molar-refractivity contribution is -0.153. The largest absolute Gasteiger partial charge is 0.493 e. The molecule has 1 aromatic rings. The zero-order valence-electron chi connectivity index (χ0n) is 16.5. The van der Waals surface area contributed by atoms with Crippen LogP contribution in [0.5, 0.6) is 11.5 Å². The number of esters is 1. The van der Waals surface area contributed by atoms with Crippen molar-refractivity contribution >= 4 is 11.5 Å². The van der Waals surface area contributed by atoms with Crippen molar-refractivity contribution in [2.24, 2.45) is 11.8 Å². The monoisotopic (exact) mass is 360 g/mol. The summed E-state index contributed by atoms with van der Waals surface area (Å²) in [5, 5.41) is 0. The molecule has 0 aromatic heterocycles. The van der Waals surface area contributed by atoms with Crippen LogP contribution in [-0.4, -0.2) is 25.8 Å². The van der Waals surface area contributed by atoms with Gasteiger partial charge in [0.1, 0.15) is 0 Å². The standard InChI is InChI=1S/C22H32O4/c1-6-9-11-16(7-2)14-18-15(4)17-12-10-13-19(24-5)20(17)26-21(18)22(23)25-8-3/h10,12-13,16,18,21H,4,6-9,11,14H2,1-3,5H3/t16-,18+,21+/m1/s1. The Labute approximate surface area is 157 Å². The number of fused-ring (bicyclic) bond motifs is 1. The minimum absolute atomic E-state index is 0.0736. The Hall–Kier alpha value is -1.97. The lowest BCUT2D eigenvalue weighted by atomic mass is 9.78. The van der Waals surface area contributed by atoms with Crippen LogP contribution in [-0.2, 0) is 9.53 Å². The average molecular weight is 360 g/mol. The van der Waals surface area contributed by atoms with E-state index in [1.807, 2.05) is 25.1 Å². The van der Waals surface area contributed by atoms with Crippen LogP contribution in [0.1, 0.15) is 58.4 Å². The molecule has 0 aliphatic carbocycles. The third kappa shape index (κ3) is 4.40. The van der Waals surface area contributed by atoms with Crippen LogP contribution in [0.4, 0.5) is 0 Å². The number of benzene rings is 1. The van der Waals surface area contributed by atoms with Gasteiger partial charge in [-0.3, -0.25) is 0 Å². The maximum absolute atomic E-state index is 12.6. The molecule has 3 atom stereocenters. The predicted molar refractivity (Wildman–Crippen MR) is 104 cm³/mol. The highest BCUT2D eigenvalue weighted by Gasteiger charge is 2.40. The highest BCUT2D eigenvalue weighted by molar-refractivity contribution is 5.84. The summed E-state index contributed by atoms with van der Waals surface area (Å²) in [7, 11) is 1.60. The van der Waals surface area contributed by atoms with E-state index < -0.39 is 6.10 Å². The van der Waals surface area contributed by atoms with Crippen LogP contribution in [0.2, 0.25) is 0 Å². The van der Waals surface area contributed by atoms with Gasteiger partial charge in [-0.2, -0.15) is 0 Å². The molecular formula is C22H32O4. The zero-order valence-corrected chi connectivity index (χ0v) is 16.5. The first-order valence-electron chi connectivity index (χ1n) is 9.76. The van der Waals surface area contributed by atoms with Crippen LogP contribution < -0.4 is 9.47 Å². The number of carbonyl (C=O) groups excluding carboxylic acids is 1. The van der Waals surface area contributed by atoms with Crippen LogP contribution in [0.3, 0.4) is 0 Å². The van der Waals surface area contributed by atoms with E-state index in [-0.39, 0.29) is 11.9 Å². The first kappa shape index (κ1) is 20.3.